The Morgan fingerprint density at radius 3 is 2.61 bits per heavy atom. The van der Waals surface area contributed by atoms with Crippen LogP contribution in [-0.4, -0.2) is 16.7 Å². The van der Waals surface area contributed by atoms with Crippen LogP contribution in [0.25, 0.3) is 0 Å². The predicted molar refractivity (Wildman–Crippen MR) is 108 cm³/mol. The third-order valence-electron chi connectivity index (χ3n) is 4.12. The van der Waals surface area contributed by atoms with E-state index in [0.29, 0.717) is 17.1 Å². The summed E-state index contributed by atoms with van der Waals surface area (Å²) in [5, 5.41) is 0. The summed E-state index contributed by atoms with van der Waals surface area (Å²) in [5.74, 6) is 0.769. The number of ether oxygens (including phenoxy) is 2. The number of benzene rings is 1. The Morgan fingerprint density at radius 2 is 1.89 bits per heavy atom. The Morgan fingerprint density at radius 1 is 1.07 bits per heavy atom. The van der Waals surface area contributed by atoms with Crippen molar-refractivity contribution in [3.05, 3.63) is 75.7 Å². The van der Waals surface area contributed by atoms with Crippen molar-refractivity contribution in [1.29, 1.82) is 0 Å². The van der Waals surface area contributed by atoms with E-state index < -0.39 is 5.97 Å². The molecule has 0 unspecified atom stereocenters. The Balaban J connectivity index is 1.53. The number of Topliss-reactive ketones (excluding diaryl/α,β-unsaturated/α-hetero) is 1. The first-order chi connectivity index (χ1) is 13.5. The van der Waals surface area contributed by atoms with Gasteiger partial charge in [-0.3, -0.25) is 14.6 Å². The molecule has 3 rings (SSSR count). The smallest absolute Gasteiger partial charge is 0.306 e. The number of aromatic nitrogens is 1. The van der Waals surface area contributed by atoms with E-state index in [0.717, 1.165) is 15.3 Å². The number of thiophene rings is 1. The maximum Gasteiger partial charge on any atom is 0.306 e. The van der Waals surface area contributed by atoms with Crippen molar-refractivity contribution in [2.45, 2.75) is 33.3 Å². The minimum absolute atomic E-state index is 0.0286. The van der Waals surface area contributed by atoms with E-state index in [2.05, 4.69) is 4.98 Å². The number of nitrogens with zero attached hydrogens (tertiary/aromatic N) is 1. The largest absolute Gasteiger partial charge is 0.461 e. The first-order valence-corrected chi connectivity index (χ1v) is 9.76. The van der Waals surface area contributed by atoms with Gasteiger partial charge < -0.3 is 9.47 Å². The van der Waals surface area contributed by atoms with Crippen LogP contribution in [0, 0.1) is 13.8 Å². The van der Waals surface area contributed by atoms with Crippen molar-refractivity contribution in [1.82, 2.24) is 4.98 Å². The Bertz CT molecular complexity index is 966. The van der Waals surface area contributed by atoms with Gasteiger partial charge in [0.05, 0.1) is 12.6 Å². The second-order valence-electron chi connectivity index (χ2n) is 6.31. The third kappa shape index (κ3) is 5.27. The standard InChI is InChI=1S/C22H21NO4S/c1-15-12-19(16(2)28-15)20(24)9-10-22(25)26-14-17-6-3-4-8-21(17)27-18-7-5-11-23-13-18/h3-8,11-13H,9-10,14H2,1-2H3. The zero-order valence-electron chi connectivity index (χ0n) is 15.8. The van der Waals surface area contributed by atoms with Crippen molar-refractivity contribution >= 4 is 23.1 Å². The summed E-state index contributed by atoms with van der Waals surface area (Å²) in [6.45, 7) is 3.97. The molecular formula is C22H21NO4S. The number of ketones is 1. The van der Waals surface area contributed by atoms with E-state index in [4.69, 9.17) is 9.47 Å². The van der Waals surface area contributed by atoms with Gasteiger partial charge in [-0.2, -0.15) is 0 Å². The molecule has 0 saturated heterocycles. The van der Waals surface area contributed by atoms with Crippen LogP contribution in [-0.2, 0) is 16.1 Å². The van der Waals surface area contributed by atoms with Gasteiger partial charge in [0, 0.05) is 33.5 Å². The normalized spacial score (nSPS) is 10.5. The topological polar surface area (TPSA) is 65.5 Å². The van der Waals surface area contributed by atoms with Crippen LogP contribution >= 0.6 is 11.3 Å². The van der Waals surface area contributed by atoms with Crippen LogP contribution in [0.1, 0.15) is 38.5 Å². The van der Waals surface area contributed by atoms with E-state index >= 15 is 0 Å². The van der Waals surface area contributed by atoms with Crippen molar-refractivity contribution in [3.63, 3.8) is 0 Å². The highest BCUT2D eigenvalue weighted by Gasteiger charge is 2.15. The van der Waals surface area contributed by atoms with E-state index in [1.165, 1.54) is 0 Å². The van der Waals surface area contributed by atoms with Crippen molar-refractivity contribution in [2.75, 3.05) is 0 Å². The zero-order chi connectivity index (χ0) is 19.9. The molecule has 0 N–H and O–H groups in total. The van der Waals surface area contributed by atoms with Gasteiger partial charge in [0.1, 0.15) is 18.1 Å². The molecule has 0 fully saturated rings. The predicted octanol–water partition coefficient (Wildman–Crippen LogP) is 5.26. The lowest BCUT2D eigenvalue weighted by Gasteiger charge is -2.11. The van der Waals surface area contributed by atoms with E-state index in [1.54, 1.807) is 41.9 Å². The lowest BCUT2D eigenvalue weighted by molar-refractivity contribution is -0.144. The van der Waals surface area contributed by atoms with Crippen molar-refractivity contribution in [3.8, 4) is 11.5 Å². The average molecular weight is 395 g/mol. The quantitative estimate of drug-likeness (QED) is 0.384. The van der Waals surface area contributed by atoms with Crippen LogP contribution in [0.4, 0.5) is 0 Å². The molecule has 5 nitrogen and oxygen atoms in total. The van der Waals surface area contributed by atoms with Gasteiger partial charge in [-0.05, 0) is 38.1 Å². The monoisotopic (exact) mass is 395 g/mol. The fraction of sp³-hybridized carbons (Fsp3) is 0.227. The summed E-state index contributed by atoms with van der Waals surface area (Å²) >= 11 is 1.59. The summed E-state index contributed by atoms with van der Waals surface area (Å²) < 4.78 is 11.2. The minimum atomic E-state index is -0.408. The summed E-state index contributed by atoms with van der Waals surface area (Å²) in [4.78, 5) is 30.5. The van der Waals surface area contributed by atoms with Crippen LogP contribution in [0.2, 0.25) is 0 Å². The van der Waals surface area contributed by atoms with Crippen LogP contribution in [0.15, 0.2) is 54.9 Å². The first-order valence-electron chi connectivity index (χ1n) is 8.94. The average Bonchev–Trinajstić information content (AvgIpc) is 3.04. The number of carbonyl (C=O) groups excluding carboxylic acids is 2. The third-order valence-corrected chi connectivity index (χ3v) is 5.09. The minimum Gasteiger partial charge on any atom is -0.461 e. The van der Waals surface area contributed by atoms with Crippen LogP contribution < -0.4 is 4.74 Å². The fourth-order valence-corrected chi connectivity index (χ4v) is 3.69. The highest BCUT2D eigenvalue weighted by Crippen LogP contribution is 2.25. The number of hydrogen-bond acceptors (Lipinski definition) is 6. The number of carbonyl (C=O) groups is 2. The second-order valence-corrected chi connectivity index (χ2v) is 7.77. The molecule has 2 aromatic heterocycles. The van der Waals surface area contributed by atoms with Crippen LogP contribution in [0.3, 0.4) is 0 Å². The van der Waals surface area contributed by atoms with Gasteiger partial charge in [-0.15, -0.1) is 11.3 Å². The van der Waals surface area contributed by atoms with Crippen LogP contribution in [0.5, 0.6) is 11.5 Å². The zero-order valence-corrected chi connectivity index (χ0v) is 16.6. The summed E-state index contributed by atoms with van der Waals surface area (Å²) in [6, 6.07) is 12.8. The molecule has 0 bridgehead atoms. The van der Waals surface area contributed by atoms with E-state index in [9.17, 15) is 9.59 Å². The fourth-order valence-electron chi connectivity index (χ4n) is 2.75. The molecule has 6 heteroatoms. The van der Waals surface area contributed by atoms with Gasteiger partial charge in [0.15, 0.2) is 5.78 Å². The number of para-hydroxylation sites is 1. The van der Waals surface area contributed by atoms with Gasteiger partial charge in [0.2, 0.25) is 0 Å². The SMILES string of the molecule is Cc1cc(C(=O)CCC(=O)OCc2ccccc2Oc2cccnc2)c(C)s1. The summed E-state index contributed by atoms with van der Waals surface area (Å²) in [5.41, 5.74) is 1.45. The highest BCUT2D eigenvalue weighted by molar-refractivity contribution is 7.12. The summed E-state index contributed by atoms with van der Waals surface area (Å²) in [7, 11) is 0. The molecule has 0 radical (unpaired) electrons. The summed E-state index contributed by atoms with van der Waals surface area (Å²) in [6.07, 6.45) is 3.48. The Labute approximate surface area is 168 Å². The number of pyridine rings is 1. The molecule has 0 aliphatic carbocycles. The molecule has 28 heavy (non-hydrogen) atoms. The number of esters is 1. The molecule has 0 atom stereocenters. The Hall–Kier alpha value is -2.99. The number of rotatable bonds is 8. The molecular weight excluding hydrogens is 374 g/mol. The molecule has 0 spiro atoms. The van der Waals surface area contributed by atoms with Gasteiger partial charge >= 0.3 is 5.97 Å². The van der Waals surface area contributed by atoms with Crippen molar-refractivity contribution < 1.29 is 19.1 Å². The second kappa shape index (κ2) is 9.28. The maximum absolute atomic E-state index is 12.3. The molecule has 144 valence electrons. The maximum atomic E-state index is 12.3. The lowest BCUT2D eigenvalue weighted by Crippen LogP contribution is -2.09. The molecule has 1 aromatic carbocycles. The molecule has 3 aromatic rings. The van der Waals surface area contributed by atoms with Gasteiger partial charge in [0.25, 0.3) is 0 Å². The molecule has 2 heterocycles. The Kier molecular flexibility index (Phi) is 6.55. The van der Waals surface area contributed by atoms with Gasteiger partial charge in [-0.1, -0.05) is 18.2 Å². The number of hydrogen-bond donors (Lipinski definition) is 0. The van der Waals surface area contributed by atoms with E-state index in [-0.39, 0.29) is 25.2 Å². The first kappa shape index (κ1) is 19.8. The molecule has 0 aliphatic rings. The lowest BCUT2D eigenvalue weighted by atomic mass is 10.1. The van der Waals surface area contributed by atoms with Crippen molar-refractivity contribution in [2.24, 2.45) is 0 Å². The van der Waals surface area contributed by atoms with E-state index in [1.807, 2.05) is 38.1 Å². The highest BCUT2D eigenvalue weighted by atomic mass is 32.1. The molecule has 0 aliphatic heterocycles. The van der Waals surface area contributed by atoms with Gasteiger partial charge in [-0.25, -0.2) is 0 Å². The molecule has 0 saturated carbocycles. The number of aryl methyl sites for hydroxylation is 2. The molecule has 0 amide bonds.